The van der Waals surface area contributed by atoms with Crippen molar-refractivity contribution >= 4 is 5.78 Å². The van der Waals surface area contributed by atoms with E-state index in [4.69, 9.17) is 5.73 Å². The van der Waals surface area contributed by atoms with Crippen LogP contribution in [0, 0.1) is 0 Å². The molecule has 72 valence electrons. The van der Waals surface area contributed by atoms with E-state index in [1.807, 2.05) is 6.92 Å². The maximum atomic E-state index is 11.3. The van der Waals surface area contributed by atoms with Gasteiger partial charge >= 0.3 is 0 Å². The normalized spacial score (nSPS) is 12.8. The van der Waals surface area contributed by atoms with E-state index in [1.165, 1.54) is 0 Å². The summed E-state index contributed by atoms with van der Waals surface area (Å²) in [5, 5.41) is 0. The van der Waals surface area contributed by atoms with Crippen LogP contribution in [0.3, 0.4) is 0 Å². The van der Waals surface area contributed by atoms with E-state index in [2.05, 4.69) is 9.97 Å². The van der Waals surface area contributed by atoms with Crippen LogP contribution >= 0.6 is 0 Å². The minimum atomic E-state index is -0.389. The van der Waals surface area contributed by atoms with Crippen molar-refractivity contribution in [2.24, 2.45) is 5.73 Å². The molecule has 0 aliphatic carbocycles. The Balaban J connectivity index is 2.41. The van der Waals surface area contributed by atoms with Gasteiger partial charge in [0.15, 0.2) is 0 Å². The fraction of sp³-hybridized carbons (Fsp3) is 0.556. The van der Waals surface area contributed by atoms with Gasteiger partial charge in [-0.3, -0.25) is 4.79 Å². The molecule has 0 radical (unpaired) electrons. The van der Waals surface area contributed by atoms with Gasteiger partial charge in [0, 0.05) is 24.7 Å². The average Bonchev–Trinajstić information content (AvgIpc) is 2.57. The minimum Gasteiger partial charge on any atom is -0.348 e. The van der Waals surface area contributed by atoms with Gasteiger partial charge in [0.2, 0.25) is 0 Å². The van der Waals surface area contributed by atoms with Crippen LogP contribution < -0.4 is 5.73 Å². The lowest BCUT2D eigenvalue weighted by molar-refractivity contribution is -0.120. The molecule has 0 aliphatic heterocycles. The number of nitrogens with one attached hydrogen (secondary N) is 1. The largest absolute Gasteiger partial charge is 0.348 e. The number of imidazole rings is 1. The average molecular weight is 181 g/mol. The van der Waals surface area contributed by atoms with Crippen molar-refractivity contribution in [2.75, 3.05) is 0 Å². The molecule has 1 atom stereocenters. The van der Waals surface area contributed by atoms with Crippen LogP contribution in [0.15, 0.2) is 12.5 Å². The van der Waals surface area contributed by atoms with Crippen LogP contribution in [0.5, 0.6) is 0 Å². The summed E-state index contributed by atoms with van der Waals surface area (Å²) < 4.78 is 0. The summed E-state index contributed by atoms with van der Waals surface area (Å²) in [6.07, 6.45) is 5.26. The lowest BCUT2D eigenvalue weighted by Crippen LogP contribution is -2.32. The number of nitrogens with two attached hydrogens (primary N) is 1. The first kappa shape index (κ1) is 9.92. The monoisotopic (exact) mass is 181 g/mol. The van der Waals surface area contributed by atoms with Gasteiger partial charge in [-0.05, 0) is 6.42 Å². The summed E-state index contributed by atoms with van der Waals surface area (Å²) in [6, 6.07) is -0.389. The fourth-order valence-corrected chi connectivity index (χ4v) is 1.18. The minimum absolute atomic E-state index is 0.122. The first-order valence-electron chi connectivity index (χ1n) is 4.49. The maximum absolute atomic E-state index is 11.3. The highest BCUT2D eigenvalue weighted by Gasteiger charge is 2.13. The first-order valence-corrected chi connectivity index (χ1v) is 4.49. The van der Waals surface area contributed by atoms with E-state index in [-0.39, 0.29) is 11.8 Å². The predicted octanol–water partition coefficient (Wildman–Crippen LogP) is 0.649. The van der Waals surface area contributed by atoms with Crippen LogP contribution in [0.25, 0.3) is 0 Å². The lowest BCUT2D eigenvalue weighted by Gasteiger charge is -2.07. The first-order chi connectivity index (χ1) is 6.24. The molecule has 1 rings (SSSR count). The maximum Gasteiger partial charge on any atom is 0.149 e. The third-order valence-corrected chi connectivity index (χ3v) is 1.90. The second kappa shape index (κ2) is 4.77. The Morgan fingerprint density at radius 3 is 3.08 bits per heavy atom. The number of hydrogen-bond acceptors (Lipinski definition) is 3. The van der Waals surface area contributed by atoms with E-state index >= 15 is 0 Å². The molecule has 0 saturated carbocycles. The van der Waals surface area contributed by atoms with Crippen molar-refractivity contribution in [2.45, 2.75) is 32.2 Å². The van der Waals surface area contributed by atoms with E-state index in [9.17, 15) is 4.79 Å². The van der Waals surface area contributed by atoms with Gasteiger partial charge in [-0.1, -0.05) is 6.92 Å². The molecule has 3 N–H and O–H groups in total. The predicted molar refractivity (Wildman–Crippen MR) is 50.2 cm³/mol. The van der Waals surface area contributed by atoms with Crippen molar-refractivity contribution in [3.05, 3.63) is 18.2 Å². The third kappa shape index (κ3) is 2.99. The van der Waals surface area contributed by atoms with E-state index < -0.39 is 0 Å². The molecule has 0 aliphatic rings. The zero-order valence-corrected chi connectivity index (χ0v) is 7.79. The molecule has 4 heteroatoms. The third-order valence-electron chi connectivity index (χ3n) is 1.90. The molecular formula is C9H15N3O. The Labute approximate surface area is 77.6 Å². The molecule has 1 aromatic heterocycles. The summed E-state index contributed by atoms with van der Waals surface area (Å²) in [6.45, 7) is 1.97. The highest BCUT2D eigenvalue weighted by Crippen LogP contribution is 2.00. The number of nitrogens with zero attached hydrogens (tertiary/aromatic N) is 1. The number of ketones is 1. The van der Waals surface area contributed by atoms with Crippen LogP contribution in [0.4, 0.5) is 0 Å². The van der Waals surface area contributed by atoms with Crippen LogP contribution in [-0.2, 0) is 11.2 Å². The summed E-state index contributed by atoms with van der Waals surface area (Å²) in [7, 11) is 0. The van der Waals surface area contributed by atoms with E-state index in [1.54, 1.807) is 12.5 Å². The number of H-pyrrole nitrogens is 1. The molecule has 4 nitrogen and oxygen atoms in total. The highest BCUT2D eigenvalue weighted by molar-refractivity contribution is 5.83. The molecule has 0 fully saturated rings. The number of aromatic nitrogens is 2. The summed E-state index contributed by atoms with van der Waals surface area (Å²) in [5.41, 5.74) is 6.61. The topological polar surface area (TPSA) is 71.8 Å². The van der Waals surface area contributed by atoms with Gasteiger partial charge in [0.1, 0.15) is 5.78 Å². The number of hydrogen-bond donors (Lipinski definition) is 2. The number of rotatable bonds is 5. The molecule has 13 heavy (non-hydrogen) atoms. The van der Waals surface area contributed by atoms with Crippen molar-refractivity contribution in [3.8, 4) is 0 Å². The molecule has 0 saturated heterocycles. The summed E-state index contributed by atoms with van der Waals surface area (Å²) in [5.74, 6) is 0.122. The molecule has 1 aromatic rings. The standard InChI is InChI=1S/C9H15N3O/c1-2-3-9(13)8(10)4-7-5-11-6-12-7/h5-6,8H,2-4,10H2,1H3,(H,11,12)/t8-/m0/s1. The smallest absolute Gasteiger partial charge is 0.149 e. The van der Waals surface area contributed by atoms with Gasteiger partial charge in [-0.15, -0.1) is 0 Å². The second-order valence-electron chi connectivity index (χ2n) is 3.10. The molecule has 0 unspecified atom stereocenters. The van der Waals surface area contributed by atoms with E-state index in [0.29, 0.717) is 12.8 Å². The Kier molecular flexibility index (Phi) is 3.64. The van der Waals surface area contributed by atoms with Gasteiger partial charge < -0.3 is 10.7 Å². The second-order valence-corrected chi connectivity index (χ2v) is 3.10. The zero-order valence-electron chi connectivity index (χ0n) is 7.79. The highest BCUT2D eigenvalue weighted by atomic mass is 16.1. The quantitative estimate of drug-likeness (QED) is 0.700. The van der Waals surface area contributed by atoms with Crippen LogP contribution in [0.2, 0.25) is 0 Å². The van der Waals surface area contributed by atoms with Gasteiger partial charge in [-0.2, -0.15) is 0 Å². The van der Waals surface area contributed by atoms with Crippen molar-refractivity contribution in [1.29, 1.82) is 0 Å². The Hall–Kier alpha value is -1.16. The van der Waals surface area contributed by atoms with Gasteiger partial charge in [-0.25, -0.2) is 4.98 Å². The van der Waals surface area contributed by atoms with E-state index in [0.717, 1.165) is 12.1 Å². The molecule has 0 amide bonds. The SMILES string of the molecule is CCCC(=O)[C@@H](N)Cc1cnc[nH]1. The zero-order chi connectivity index (χ0) is 9.68. The number of carbonyl (C=O) groups excluding carboxylic acids is 1. The van der Waals surface area contributed by atoms with Crippen molar-refractivity contribution < 1.29 is 4.79 Å². The Morgan fingerprint density at radius 1 is 1.77 bits per heavy atom. The summed E-state index contributed by atoms with van der Waals surface area (Å²) in [4.78, 5) is 18.1. The molecule has 1 heterocycles. The summed E-state index contributed by atoms with van der Waals surface area (Å²) >= 11 is 0. The van der Waals surface area contributed by atoms with Crippen LogP contribution in [0.1, 0.15) is 25.5 Å². The Bertz CT molecular complexity index is 256. The lowest BCUT2D eigenvalue weighted by atomic mass is 10.0. The number of carbonyl (C=O) groups is 1. The molecule has 0 bridgehead atoms. The number of aromatic amines is 1. The molecule has 0 spiro atoms. The Morgan fingerprint density at radius 2 is 2.54 bits per heavy atom. The van der Waals surface area contributed by atoms with Crippen LogP contribution in [-0.4, -0.2) is 21.8 Å². The van der Waals surface area contributed by atoms with Gasteiger partial charge in [0.05, 0.1) is 12.4 Å². The fourth-order valence-electron chi connectivity index (χ4n) is 1.18. The van der Waals surface area contributed by atoms with Crippen molar-refractivity contribution in [3.63, 3.8) is 0 Å². The molecule has 0 aromatic carbocycles. The number of Topliss-reactive ketones (excluding diaryl/α,β-unsaturated/α-hetero) is 1. The van der Waals surface area contributed by atoms with Gasteiger partial charge in [0.25, 0.3) is 0 Å². The van der Waals surface area contributed by atoms with Crippen molar-refractivity contribution in [1.82, 2.24) is 9.97 Å². The molecular weight excluding hydrogens is 166 g/mol.